The molecule has 4 nitrogen and oxygen atoms in total. The highest BCUT2D eigenvalue weighted by atomic mass is 16.1. The van der Waals surface area contributed by atoms with E-state index in [1.807, 2.05) is 20.1 Å². The summed E-state index contributed by atoms with van der Waals surface area (Å²) in [6.07, 6.45) is 4.97. The van der Waals surface area contributed by atoms with Crippen LogP contribution in [-0.4, -0.2) is 21.1 Å². The van der Waals surface area contributed by atoms with Gasteiger partial charge in [-0.2, -0.15) is 5.10 Å². The minimum Gasteiger partial charge on any atom is -0.290 e. The van der Waals surface area contributed by atoms with Gasteiger partial charge < -0.3 is 0 Å². The SMILES string of the molecule is CC(C)([C]=O)Cn1cncn1. The Morgan fingerprint density at radius 1 is 1.64 bits per heavy atom. The van der Waals surface area contributed by atoms with E-state index in [2.05, 4.69) is 10.1 Å². The number of nitrogens with zero attached hydrogens (tertiary/aromatic N) is 3. The van der Waals surface area contributed by atoms with E-state index in [9.17, 15) is 4.79 Å². The van der Waals surface area contributed by atoms with Gasteiger partial charge in [0, 0.05) is 0 Å². The van der Waals surface area contributed by atoms with Gasteiger partial charge in [-0.25, -0.2) is 4.98 Å². The lowest BCUT2D eigenvalue weighted by atomic mass is 9.96. The van der Waals surface area contributed by atoms with Crippen LogP contribution in [0.4, 0.5) is 0 Å². The molecule has 0 aliphatic carbocycles. The van der Waals surface area contributed by atoms with Crippen LogP contribution in [0.5, 0.6) is 0 Å². The molecule has 0 aliphatic rings. The molecule has 4 heteroatoms. The van der Waals surface area contributed by atoms with Crippen LogP contribution in [0.2, 0.25) is 0 Å². The van der Waals surface area contributed by atoms with Crippen molar-refractivity contribution < 1.29 is 4.79 Å². The van der Waals surface area contributed by atoms with E-state index in [0.717, 1.165) is 0 Å². The van der Waals surface area contributed by atoms with E-state index < -0.39 is 5.41 Å². The molecule has 0 spiro atoms. The molecule has 0 N–H and O–H groups in total. The summed E-state index contributed by atoms with van der Waals surface area (Å²) in [6.45, 7) is 4.14. The van der Waals surface area contributed by atoms with Crippen molar-refractivity contribution in [2.24, 2.45) is 5.41 Å². The molecule has 0 unspecified atom stereocenters. The Morgan fingerprint density at radius 2 is 2.36 bits per heavy atom. The third kappa shape index (κ3) is 2.14. The quantitative estimate of drug-likeness (QED) is 0.630. The lowest BCUT2D eigenvalue weighted by molar-refractivity contribution is 0.375. The van der Waals surface area contributed by atoms with Crippen molar-refractivity contribution in [3.05, 3.63) is 12.7 Å². The number of hydrogen-bond donors (Lipinski definition) is 0. The molecule has 0 atom stereocenters. The summed E-state index contributed by atoms with van der Waals surface area (Å²) >= 11 is 0. The van der Waals surface area contributed by atoms with Crippen LogP contribution in [0, 0.1) is 5.41 Å². The molecular weight excluding hydrogens is 142 g/mol. The second-order valence-electron chi connectivity index (χ2n) is 3.08. The minimum absolute atomic E-state index is 0.478. The topological polar surface area (TPSA) is 47.8 Å². The average Bonchev–Trinajstić information content (AvgIpc) is 2.39. The molecule has 0 aromatic carbocycles. The highest BCUT2D eigenvalue weighted by Gasteiger charge is 2.18. The summed E-state index contributed by atoms with van der Waals surface area (Å²) in [6, 6.07) is 0. The molecule has 0 amide bonds. The smallest absolute Gasteiger partial charge is 0.206 e. The molecule has 11 heavy (non-hydrogen) atoms. The Balaban J connectivity index is 2.63. The van der Waals surface area contributed by atoms with Crippen LogP contribution in [0.25, 0.3) is 0 Å². The maximum atomic E-state index is 10.4. The van der Waals surface area contributed by atoms with Gasteiger partial charge in [0.15, 0.2) is 0 Å². The highest BCUT2D eigenvalue weighted by molar-refractivity contribution is 5.58. The molecule has 59 valence electrons. The lowest BCUT2D eigenvalue weighted by Crippen LogP contribution is -2.21. The van der Waals surface area contributed by atoms with Crippen LogP contribution in [0.15, 0.2) is 12.7 Å². The van der Waals surface area contributed by atoms with Crippen molar-refractivity contribution in [3.63, 3.8) is 0 Å². The number of hydrogen-bond acceptors (Lipinski definition) is 3. The predicted molar refractivity (Wildman–Crippen MR) is 39.5 cm³/mol. The summed E-state index contributed by atoms with van der Waals surface area (Å²) in [5, 5.41) is 3.88. The van der Waals surface area contributed by atoms with Crippen LogP contribution in [-0.2, 0) is 11.3 Å². The molecule has 1 rings (SSSR count). The van der Waals surface area contributed by atoms with Crippen LogP contribution in [0.1, 0.15) is 13.8 Å². The van der Waals surface area contributed by atoms with E-state index in [4.69, 9.17) is 0 Å². The Labute approximate surface area is 65.2 Å². The summed E-state index contributed by atoms with van der Waals surface area (Å²) in [5.74, 6) is 0. The van der Waals surface area contributed by atoms with Crippen molar-refractivity contribution in [2.75, 3.05) is 0 Å². The Kier molecular flexibility index (Phi) is 2.03. The van der Waals surface area contributed by atoms with Gasteiger partial charge in [-0.15, -0.1) is 0 Å². The monoisotopic (exact) mass is 152 g/mol. The predicted octanol–water partition coefficient (Wildman–Crippen LogP) is 0.414. The first-order valence-corrected chi connectivity index (χ1v) is 3.36. The standard InChI is InChI=1S/C7H10N3O/c1-7(2,4-11)3-10-6-8-5-9-10/h5-6H,3H2,1-2H3. The van der Waals surface area contributed by atoms with Crippen molar-refractivity contribution in [1.82, 2.24) is 14.8 Å². The second kappa shape index (κ2) is 2.82. The van der Waals surface area contributed by atoms with Gasteiger partial charge in [0.1, 0.15) is 12.7 Å². The normalized spacial score (nSPS) is 11.5. The summed E-state index contributed by atoms with van der Waals surface area (Å²) in [5.41, 5.74) is -0.478. The van der Waals surface area contributed by atoms with Gasteiger partial charge in [0.25, 0.3) is 0 Å². The van der Waals surface area contributed by atoms with E-state index in [1.165, 1.54) is 6.33 Å². The Hall–Kier alpha value is -1.19. The Morgan fingerprint density at radius 3 is 2.82 bits per heavy atom. The molecule has 0 bridgehead atoms. The van der Waals surface area contributed by atoms with Gasteiger partial charge in [-0.1, -0.05) is 13.8 Å². The van der Waals surface area contributed by atoms with E-state index in [-0.39, 0.29) is 0 Å². The number of carbonyl (C=O) groups excluding carboxylic acids is 1. The molecule has 0 aliphatic heterocycles. The lowest BCUT2D eigenvalue weighted by Gasteiger charge is -2.14. The van der Waals surface area contributed by atoms with Crippen LogP contribution < -0.4 is 0 Å². The molecule has 1 aromatic rings. The van der Waals surface area contributed by atoms with E-state index >= 15 is 0 Å². The molecule has 1 radical (unpaired) electrons. The van der Waals surface area contributed by atoms with Gasteiger partial charge in [-0.05, 0) is 0 Å². The van der Waals surface area contributed by atoms with Crippen LogP contribution in [0.3, 0.4) is 0 Å². The first-order valence-electron chi connectivity index (χ1n) is 3.36. The van der Waals surface area contributed by atoms with Gasteiger partial charge >= 0.3 is 0 Å². The summed E-state index contributed by atoms with van der Waals surface area (Å²) < 4.78 is 1.62. The van der Waals surface area contributed by atoms with Gasteiger partial charge in [0.05, 0.1) is 12.0 Å². The maximum absolute atomic E-state index is 10.4. The number of rotatable bonds is 3. The van der Waals surface area contributed by atoms with Gasteiger partial charge in [-0.3, -0.25) is 9.48 Å². The fourth-order valence-electron chi connectivity index (χ4n) is 0.752. The van der Waals surface area contributed by atoms with Crippen LogP contribution >= 0.6 is 0 Å². The minimum atomic E-state index is -0.478. The van der Waals surface area contributed by atoms with E-state index in [1.54, 1.807) is 11.0 Å². The zero-order valence-electron chi connectivity index (χ0n) is 6.61. The zero-order valence-corrected chi connectivity index (χ0v) is 6.61. The van der Waals surface area contributed by atoms with Crippen molar-refractivity contribution in [3.8, 4) is 0 Å². The highest BCUT2D eigenvalue weighted by Crippen LogP contribution is 2.12. The molecular formula is C7H10N3O. The number of aromatic nitrogens is 3. The fourth-order valence-corrected chi connectivity index (χ4v) is 0.752. The third-order valence-corrected chi connectivity index (χ3v) is 1.30. The zero-order chi connectivity index (χ0) is 8.32. The van der Waals surface area contributed by atoms with E-state index in [0.29, 0.717) is 6.54 Å². The molecule has 0 saturated carbocycles. The molecule has 0 saturated heterocycles. The fraction of sp³-hybridized carbons (Fsp3) is 0.571. The summed E-state index contributed by atoms with van der Waals surface area (Å²) in [7, 11) is 0. The third-order valence-electron chi connectivity index (χ3n) is 1.30. The summed E-state index contributed by atoms with van der Waals surface area (Å²) in [4.78, 5) is 14.1. The first-order chi connectivity index (χ1) is 5.14. The maximum Gasteiger partial charge on any atom is 0.206 e. The average molecular weight is 152 g/mol. The van der Waals surface area contributed by atoms with Crippen molar-refractivity contribution in [1.29, 1.82) is 0 Å². The van der Waals surface area contributed by atoms with Gasteiger partial charge in [0.2, 0.25) is 6.29 Å². The van der Waals surface area contributed by atoms with Crippen molar-refractivity contribution in [2.45, 2.75) is 20.4 Å². The van der Waals surface area contributed by atoms with Crippen molar-refractivity contribution >= 4 is 6.29 Å². The second-order valence-corrected chi connectivity index (χ2v) is 3.08. The molecule has 1 heterocycles. The largest absolute Gasteiger partial charge is 0.290 e. The molecule has 0 fully saturated rings. The Bertz CT molecular complexity index is 228. The first kappa shape index (κ1) is 7.91. The molecule has 1 aromatic heterocycles.